The van der Waals surface area contributed by atoms with E-state index in [-0.39, 0.29) is 0 Å². The number of hydrogen-bond acceptors (Lipinski definition) is 1. The van der Waals surface area contributed by atoms with Crippen molar-refractivity contribution < 1.29 is 0 Å². The van der Waals surface area contributed by atoms with Gasteiger partial charge in [0.25, 0.3) is 0 Å². The van der Waals surface area contributed by atoms with Crippen LogP contribution in [0.25, 0.3) is 20.2 Å². The second kappa shape index (κ2) is 4.40. The lowest BCUT2D eigenvalue weighted by Crippen LogP contribution is -1.93. The minimum Gasteiger partial charge on any atom is -0.135 e. The minimum atomic E-state index is 1.19. The molecule has 0 aliphatic rings. The molecule has 18 heavy (non-hydrogen) atoms. The van der Waals surface area contributed by atoms with Crippen molar-refractivity contribution in [1.29, 1.82) is 0 Å². The van der Waals surface area contributed by atoms with E-state index in [0.29, 0.717) is 0 Å². The molecule has 0 unspecified atom stereocenters. The van der Waals surface area contributed by atoms with E-state index in [1.54, 1.807) is 5.56 Å². The number of benzene rings is 2. The molecular formula is C17H18S. The molecule has 0 nitrogen and oxygen atoms in total. The van der Waals surface area contributed by atoms with E-state index in [2.05, 4.69) is 51.1 Å². The van der Waals surface area contributed by atoms with Gasteiger partial charge in [-0.05, 0) is 49.1 Å². The van der Waals surface area contributed by atoms with Crippen LogP contribution >= 0.6 is 11.3 Å². The van der Waals surface area contributed by atoms with Gasteiger partial charge in [-0.1, -0.05) is 31.5 Å². The summed E-state index contributed by atoms with van der Waals surface area (Å²) in [5, 5.41) is 2.93. The Balaban J connectivity index is 2.49. The van der Waals surface area contributed by atoms with Gasteiger partial charge in [0.05, 0.1) is 0 Å². The molecule has 1 heteroatoms. The molecule has 3 aromatic rings. The summed E-state index contributed by atoms with van der Waals surface area (Å²) in [5.74, 6) is 0. The van der Waals surface area contributed by atoms with Gasteiger partial charge in [0.15, 0.2) is 0 Å². The first-order valence-corrected chi connectivity index (χ1v) is 7.44. The van der Waals surface area contributed by atoms with Crippen LogP contribution in [0.5, 0.6) is 0 Å². The summed E-state index contributed by atoms with van der Waals surface area (Å²) in [6, 6.07) is 11.1. The molecule has 0 radical (unpaired) electrons. The predicted molar refractivity (Wildman–Crippen MR) is 82.8 cm³/mol. The molecule has 0 saturated carbocycles. The fraction of sp³-hybridized carbons (Fsp3) is 0.294. The van der Waals surface area contributed by atoms with Gasteiger partial charge in [0.2, 0.25) is 0 Å². The summed E-state index contributed by atoms with van der Waals surface area (Å²) in [6.07, 6.45) is 2.40. The van der Waals surface area contributed by atoms with Gasteiger partial charge in [-0.25, -0.2) is 0 Å². The standard InChI is InChI=1S/C17H18S/c1-4-7-13-12(3)11(2)10-16-17(13)14-8-5-6-9-15(14)18-16/h5-6,8-10H,4,7H2,1-3H3. The summed E-state index contributed by atoms with van der Waals surface area (Å²) < 4.78 is 2.86. The first-order chi connectivity index (χ1) is 8.72. The Morgan fingerprint density at radius 1 is 1.06 bits per heavy atom. The van der Waals surface area contributed by atoms with Gasteiger partial charge >= 0.3 is 0 Å². The molecule has 0 aliphatic heterocycles. The van der Waals surface area contributed by atoms with Gasteiger partial charge < -0.3 is 0 Å². The van der Waals surface area contributed by atoms with Crippen molar-refractivity contribution in [1.82, 2.24) is 0 Å². The molecule has 3 rings (SSSR count). The zero-order valence-corrected chi connectivity index (χ0v) is 12.0. The predicted octanol–water partition coefficient (Wildman–Crippen LogP) is 5.62. The lowest BCUT2D eigenvalue weighted by Gasteiger charge is -2.10. The maximum Gasteiger partial charge on any atom is 0.0361 e. The molecule has 0 bridgehead atoms. The Morgan fingerprint density at radius 3 is 2.61 bits per heavy atom. The van der Waals surface area contributed by atoms with Crippen molar-refractivity contribution in [3.05, 3.63) is 47.0 Å². The van der Waals surface area contributed by atoms with Gasteiger partial charge in [0, 0.05) is 20.2 Å². The Labute approximate surface area is 112 Å². The van der Waals surface area contributed by atoms with Crippen molar-refractivity contribution in [2.75, 3.05) is 0 Å². The number of fused-ring (bicyclic) bond motifs is 3. The van der Waals surface area contributed by atoms with Crippen LogP contribution < -0.4 is 0 Å². The Hall–Kier alpha value is -1.34. The lowest BCUT2D eigenvalue weighted by molar-refractivity contribution is 0.919. The zero-order chi connectivity index (χ0) is 12.7. The number of hydrogen-bond donors (Lipinski definition) is 0. The van der Waals surface area contributed by atoms with Gasteiger partial charge in [-0.3, -0.25) is 0 Å². The third kappa shape index (κ3) is 1.65. The number of rotatable bonds is 2. The van der Waals surface area contributed by atoms with Crippen LogP contribution in [0.2, 0.25) is 0 Å². The monoisotopic (exact) mass is 254 g/mol. The van der Waals surface area contributed by atoms with Crippen molar-refractivity contribution >= 4 is 31.5 Å². The van der Waals surface area contributed by atoms with Crippen molar-refractivity contribution in [2.24, 2.45) is 0 Å². The average Bonchev–Trinajstić information content (AvgIpc) is 2.72. The fourth-order valence-electron chi connectivity index (χ4n) is 2.77. The average molecular weight is 254 g/mol. The fourth-order valence-corrected chi connectivity index (χ4v) is 4.00. The van der Waals surface area contributed by atoms with E-state index >= 15 is 0 Å². The largest absolute Gasteiger partial charge is 0.135 e. The van der Waals surface area contributed by atoms with Crippen LogP contribution in [-0.4, -0.2) is 0 Å². The van der Waals surface area contributed by atoms with Gasteiger partial charge in [0.1, 0.15) is 0 Å². The van der Waals surface area contributed by atoms with E-state index in [9.17, 15) is 0 Å². The molecule has 0 saturated heterocycles. The van der Waals surface area contributed by atoms with Crippen LogP contribution in [0.3, 0.4) is 0 Å². The molecule has 1 heterocycles. The third-order valence-electron chi connectivity index (χ3n) is 3.82. The molecule has 0 spiro atoms. The maximum absolute atomic E-state index is 2.36. The maximum atomic E-state index is 2.36. The van der Waals surface area contributed by atoms with E-state index in [4.69, 9.17) is 0 Å². The van der Waals surface area contributed by atoms with E-state index in [1.807, 2.05) is 11.3 Å². The number of aryl methyl sites for hydroxylation is 2. The highest BCUT2D eigenvalue weighted by molar-refractivity contribution is 7.25. The van der Waals surface area contributed by atoms with Crippen molar-refractivity contribution in [2.45, 2.75) is 33.6 Å². The summed E-state index contributed by atoms with van der Waals surface area (Å²) in [4.78, 5) is 0. The quantitative estimate of drug-likeness (QED) is 0.556. The van der Waals surface area contributed by atoms with Crippen LogP contribution in [-0.2, 0) is 6.42 Å². The summed E-state index contributed by atoms with van der Waals surface area (Å²) in [7, 11) is 0. The molecule has 0 fully saturated rings. The highest BCUT2D eigenvalue weighted by atomic mass is 32.1. The minimum absolute atomic E-state index is 1.19. The van der Waals surface area contributed by atoms with Gasteiger partial charge in [-0.2, -0.15) is 0 Å². The topological polar surface area (TPSA) is 0 Å². The highest BCUT2D eigenvalue weighted by Crippen LogP contribution is 2.38. The van der Waals surface area contributed by atoms with E-state index in [0.717, 1.165) is 0 Å². The number of thiophene rings is 1. The Kier molecular flexibility index (Phi) is 2.87. The molecule has 2 aromatic carbocycles. The molecule has 1 aromatic heterocycles. The Morgan fingerprint density at radius 2 is 1.83 bits per heavy atom. The molecule has 0 atom stereocenters. The lowest BCUT2D eigenvalue weighted by atomic mass is 9.94. The van der Waals surface area contributed by atoms with Crippen LogP contribution in [0, 0.1) is 13.8 Å². The van der Waals surface area contributed by atoms with Crippen molar-refractivity contribution in [3.8, 4) is 0 Å². The smallest absolute Gasteiger partial charge is 0.0361 e. The summed E-state index contributed by atoms with van der Waals surface area (Å²) in [5.41, 5.74) is 4.47. The zero-order valence-electron chi connectivity index (χ0n) is 11.2. The first kappa shape index (κ1) is 11.7. The first-order valence-electron chi connectivity index (χ1n) is 6.62. The van der Waals surface area contributed by atoms with Gasteiger partial charge in [-0.15, -0.1) is 11.3 Å². The SMILES string of the molecule is CCCc1c(C)c(C)cc2sc3ccccc3c12. The third-order valence-corrected chi connectivity index (χ3v) is 4.93. The highest BCUT2D eigenvalue weighted by Gasteiger charge is 2.12. The normalized spacial score (nSPS) is 11.5. The second-order valence-corrected chi connectivity index (χ2v) is 6.10. The Bertz CT molecular complexity index is 719. The van der Waals surface area contributed by atoms with Crippen LogP contribution in [0.1, 0.15) is 30.0 Å². The van der Waals surface area contributed by atoms with Crippen LogP contribution in [0.4, 0.5) is 0 Å². The molecule has 0 N–H and O–H groups in total. The van der Waals surface area contributed by atoms with E-state index in [1.165, 1.54) is 44.1 Å². The molecule has 0 aliphatic carbocycles. The van der Waals surface area contributed by atoms with E-state index < -0.39 is 0 Å². The second-order valence-electron chi connectivity index (χ2n) is 5.02. The summed E-state index contributed by atoms with van der Waals surface area (Å²) in [6.45, 7) is 6.77. The van der Waals surface area contributed by atoms with Crippen LogP contribution in [0.15, 0.2) is 30.3 Å². The molecule has 92 valence electrons. The molecule has 0 amide bonds. The summed E-state index contributed by atoms with van der Waals surface area (Å²) >= 11 is 1.92. The molecular weight excluding hydrogens is 236 g/mol. The van der Waals surface area contributed by atoms with Crippen molar-refractivity contribution in [3.63, 3.8) is 0 Å².